The molecule has 150 valence electrons. The third kappa shape index (κ3) is 5.14. The van der Waals surface area contributed by atoms with Crippen LogP contribution in [-0.4, -0.2) is 67.5 Å². The van der Waals surface area contributed by atoms with Gasteiger partial charge < -0.3 is 15.0 Å². The number of ether oxygens (including phenoxy) is 1. The second-order valence-electron chi connectivity index (χ2n) is 6.89. The Labute approximate surface area is 170 Å². The molecule has 0 spiro atoms. The Balaban J connectivity index is 1.49. The Hall–Kier alpha value is -2.31. The normalized spacial score (nSPS) is 14.9. The average Bonchev–Trinajstić information content (AvgIpc) is 2.72. The van der Waals surface area contributed by atoms with E-state index in [0.717, 1.165) is 17.2 Å². The number of amides is 2. The first-order valence-electron chi connectivity index (χ1n) is 9.65. The van der Waals surface area contributed by atoms with E-state index in [0.29, 0.717) is 50.0 Å². The van der Waals surface area contributed by atoms with Gasteiger partial charge in [-0.15, -0.1) is 0 Å². The summed E-state index contributed by atoms with van der Waals surface area (Å²) in [5.41, 5.74) is 0. The van der Waals surface area contributed by atoms with Crippen molar-refractivity contribution in [1.82, 2.24) is 15.1 Å². The lowest BCUT2D eigenvalue weighted by molar-refractivity contribution is -0.135. The molecule has 0 saturated carbocycles. The number of hydrogen-bond donors (Lipinski definition) is 1. The van der Waals surface area contributed by atoms with Crippen molar-refractivity contribution in [2.45, 2.75) is 13.3 Å². The van der Waals surface area contributed by atoms with Gasteiger partial charge in [0, 0.05) is 48.5 Å². The molecule has 2 amide bonds. The summed E-state index contributed by atoms with van der Waals surface area (Å²) < 4.78 is 5.80. The maximum absolute atomic E-state index is 12.5. The molecule has 0 radical (unpaired) electrons. The number of nitrogens with zero attached hydrogens (tertiary/aromatic N) is 2. The van der Waals surface area contributed by atoms with Crippen LogP contribution in [0.1, 0.15) is 13.3 Å². The van der Waals surface area contributed by atoms with Crippen LogP contribution in [0.3, 0.4) is 0 Å². The van der Waals surface area contributed by atoms with E-state index >= 15 is 0 Å². The monoisotopic (exact) mass is 403 g/mol. The topological polar surface area (TPSA) is 61.9 Å². The highest BCUT2D eigenvalue weighted by molar-refractivity contribution is 6.35. The maximum atomic E-state index is 12.5. The van der Waals surface area contributed by atoms with Gasteiger partial charge in [-0.1, -0.05) is 42.8 Å². The second kappa shape index (κ2) is 9.75. The number of carbonyl (C=O) groups excluding carboxylic acids is 2. The number of benzene rings is 2. The van der Waals surface area contributed by atoms with Gasteiger partial charge in [-0.25, -0.2) is 0 Å². The van der Waals surface area contributed by atoms with Crippen molar-refractivity contribution in [1.29, 1.82) is 0 Å². The van der Waals surface area contributed by atoms with Gasteiger partial charge in [0.2, 0.25) is 5.91 Å². The van der Waals surface area contributed by atoms with Gasteiger partial charge in [-0.3, -0.25) is 14.5 Å². The first-order chi connectivity index (χ1) is 13.6. The zero-order chi connectivity index (χ0) is 19.9. The van der Waals surface area contributed by atoms with Crippen molar-refractivity contribution >= 4 is 34.2 Å². The third-order valence-electron chi connectivity index (χ3n) is 4.85. The summed E-state index contributed by atoms with van der Waals surface area (Å²) in [5.74, 6) is 0.647. The largest absolute Gasteiger partial charge is 0.483 e. The van der Waals surface area contributed by atoms with Crippen molar-refractivity contribution < 1.29 is 14.3 Å². The van der Waals surface area contributed by atoms with Crippen LogP contribution in [0.25, 0.3) is 10.8 Å². The molecular formula is C21H26ClN3O3. The Morgan fingerprint density at radius 1 is 1.07 bits per heavy atom. The number of hydrogen-bond acceptors (Lipinski definition) is 4. The summed E-state index contributed by atoms with van der Waals surface area (Å²) in [6.07, 6.45) is 0.928. The van der Waals surface area contributed by atoms with Crippen molar-refractivity contribution in [2.24, 2.45) is 0 Å². The predicted octanol–water partition coefficient (Wildman–Crippen LogP) is 2.54. The summed E-state index contributed by atoms with van der Waals surface area (Å²) in [5, 5.41) is 5.34. The minimum absolute atomic E-state index is 0.0113. The zero-order valence-corrected chi connectivity index (χ0v) is 16.9. The van der Waals surface area contributed by atoms with Crippen molar-refractivity contribution in [3.63, 3.8) is 0 Å². The SMILES string of the molecule is CCCNC(=O)CN1CCN(C(=O)COc2ccc(Cl)c3ccccc23)CC1. The number of rotatable bonds is 7. The number of fused-ring (bicyclic) bond motifs is 1. The molecule has 0 unspecified atom stereocenters. The number of carbonyl (C=O) groups is 2. The Morgan fingerprint density at radius 2 is 1.79 bits per heavy atom. The molecule has 0 bridgehead atoms. The standard InChI is InChI=1S/C21H26ClN3O3/c1-2-9-23-20(26)14-24-10-12-25(13-11-24)21(27)15-28-19-8-7-18(22)16-5-3-4-6-17(16)19/h3-8H,2,9-15H2,1H3,(H,23,26). The van der Waals surface area contributed by atoms with Crippen LogP contribution in [0.15, 0.2) is 36.4 Å². The lowest BCUT2D eigenvalue weighted by atomic mass is 10.1. The molecule has 0 aromatic heterocycles. The predicted molar refractivity (Wildman–Crippen MR) is 111 cm³/mol. The van der Waals surface area contributed by atoms with Gasteiger partial charge in [0.15, 0.2) is 6.61 Å². The average molecular weight is 404 g/mol. The minimum Gasteiger partial charge on any atom is -0.483 e. The molecule has 1 aliphatic heterocycles. The zero-order valence-electron chi connectivity index (χ0n) is 16.1. The fourth-order valence-corrected chi connectivity index (χ4v) is 3.50. The Kier molecular flexibility index (Phi) is 7.12. The lowest BCUT2D eigenvalue weighted by Crippen LogP contribution is -2.52. The molecular weight excluding hydrogens is 378 g/mol. The number of nitrogens with one attached hydrogen (secondary N) is 1. The van der Waals surface area contributed by atoms with Gasteiger partial charge in [-0.05, 0) is 18.6 Å². The fraction of sp³-hybridized carbons (Fsp3) is 0.429. The molecule has 1 heterocycles. The highest BCUT2D eigenvalue weighted by Gasteiger charge is 2.22. The molecule has 1 fully saturated rings. The first-order valence-corrected chi connectivity index (χ1v) is 10.0. The molecule has 1 saturated heterocycles. The van der Waals surface area contributed by atoms with E-state index < -0.39 is 0 Å². The molecule has 2 aromatic rings. The smallest absolute Gasteiger partial charge is 0.260 e. The lowest BCUT2D eigenvalue weighted by Gasteiger charge is -2.34. The van der Waals surface area contributed by atoms with Crippen molar-refractivity contribution in [2.75, 3.05) is 45.9 Å². The van der Waals surface area contributed by atoms with E-state index in [1.54, 1.807) is 17.0 Å². The van der Waals surface area contributed by atoms with Crippen LogP contribution < -0.4 is 10.1 Å². The van der Waals surface area contributed by atoms with Gasteiger partial charge in [0.1, 0.15) is 5.75 Å². The fourth-order valence-electron chi connectivity index (χ4n) is 3.27. The van der Waals surface area contributed by atoms with Gasteiger partial charge in [-0.2, -0.15) is 0 Å². The molecule has 6 nitrogen and oxygen atoms in total. The Morgan fingerprint density at radius 3 is 2.50 bits per heavy atom. The van der Waals surface area contributed by atoms with E-state index in [-0.39, 0.29) is 18.4 Å². The molecule has 0 atom stereocenters. The maximum Gasteiger partial charge on any atom is 0.260 e. The van der Waals surface area contributed by atoms with E-state index in [9.17, 15) is 9.59 Å². The summed E-state index contributed by atoms with van der Waals surface area (Å²) >= 11 is 6.23. The van der Waals surface area contributed by atoms with Crippen LogP contribution in [0.4, 0.5) is 0 Å². The van der Waals surface area contributed by atoms with Gasteiger partial charge in [0.25, 0.3) is 5.91 Å². The molecule has 3 rings (SSSR count). The van der Waals surface area contributed by atoms with E-state index in [1.165, 1.54) is 0 Å². The van der Waals surface area contributed by atoms with E-state index in [2.05, 4.69) is 10.2 Å². The molecule has 0 aliphatic carbocycles. The van der Waals surface area contributed by atoms with E-state index in [1.807, 2.05) is 31.2 Å². The summed E-state index contributed by atoms with van der Waals surface area (Å²) in [7, 11) is 0. The van der Waals surface area contributed by atoms with Crippen LogP contribution in [0.2, 0.25) is 5.02 Å². The van der Waals surface area contributed by atoms with Gasteiger partial charge in [0.05, 0.1) is 6.54 Å². The third-order valence-corrected chi connectivity index (χ3v) is 5.18. The highest BCUT2D eigenvalue weighted by atomic mass is 35.5. The molecule has 1 aliphatic rings. The quantitative estimate of drug-likeness (QED) is 0.771. The Bertz CT molecular complexity index is 835. The van der Waals surface area contributed by atoms with Gasteiger partial charge >= 0.3 is 0 Å². The highest BCUT2D eigenvalue weighted by Crippen LogP contribution is 2.31. The second-order valence-corrected chi connectivity index (χ2v) is 7.29. The first kappa shape index (κ1) is 20.4. The summed E-state index contributed by atoms with van der Waals surface area (Å²) in [6, 6.07) is 11.3. The molecule has 1 N–H and O–H groups in total. The van der Waals surface area contributed by atoms with Crippen LogP contribution in [0.5, 0.6) is 5.75 Å². The van der Waals surface area contributed by atoms with Crippen LogP contribution in [0, 0.1) is 0 Å². The molecule has 7 heteroatoms. The van der Waals surface area contributed by atoms with Crippen molar-refractivity contribution in [3.05, 3.63) is 41.4 Å². The van der Waals surface area contributed by atoms with Crippen LogP contribution >= 0.6 is 11.6 Å². The number of piperazine rings is 1. The summed E-state index contributed by atoms with van der Waals surface area (Å²) in [6.45, 7) is 5.69. The summed E-state index contributed by atoms with van der Waals surface area (Å²) in [4.78, 5) is 28.2. The van der Waals surface area contributed by atoms with Crippen molar-refractivity contribution in [3.8, 4) is 5.75 Å². The molecule has 2 aromatic carbocycles. The molecule has 28 heavy (non-hydrogen) atoms. The minimum atomic E-state index is -0.0471. The van der Waals surface area contributed by atoms with E-state index in [4.69, 9.17) is 16.3 Å². The van der Waals surface area contributed by atoms with Crippen LogP contribution in [-0.2, 0) is 9.59 Å². The number of halogens is 1.